The van der Waals surface area contributed by atoms with Crippen LogP contribution in [0.25, 0.3) is 0 Å². The Labute approximate surface area is 120 Å². The van der Waals surface area contributed by atoms with Crippen molar-refractivity contribution < 1.29 is 0 Å². The van der Waals surface area contributed by atoms with E-state index >= 15 is 0 Å². The van der Waals surface area contributed by atoms with Crippen molar-refractivity contribution in [1.29, 1.82) is 0 Å². The molecule has 0 aliphatic heterocycles. The molecule has 0 aliphatic carbocycles. The molecule has 0 aliphatic rings. The third kappa shape index (κ3) is 2.79. The second-order valence-corrected chi connectivity index (χ2v) is 6.55. The molecule has 0 nitrogen and oxygen atoms in total. The van der Waals surface area contributed by atoms with E-state index in [1.807, 2.05) is 38.1 Å². The van der Waals surface area contributed by atoms with Gasteiger partial charge in [-0.1, -0.05) is 29.3 Å². The lowest BCUT2D eigenvalue weighted by Crippen LogP contribution is -1.95. The summed E-state index contributed by atoms with van der Waals surface area (Å²) in [5.41, 5.74) is 3.23. The van der Waals surface area contributed by atoms with Crippen LogP contribution in [0.4, 0.5) is 0 Å². The standard InChI is InChI=1S/C13H11Cl3S/c1-7-6-10(14)8(2)5-9(7)13(16)11-3-4-12(15)17-11/h3-6,13H,1-2H3. The fraction of sp³-hybridized carbons (Fsp3) is 0.231. The molecule has 0 fully saturated rings. The van der Waals surface area contributed by atoms with Crippen LogP contribution >= 0.6 is 46.1 Å². The molecule has 4 heteroatoms. The molecule has 0 amide bonds. The molecular formula is C13H11Cl3S. The molecular weight excluding hydrogens is 295 g/mol. The van der Waals surface area contributed by atoms with Gasteiger partial charge in [0.05, 0.1) is 9.71 Å². The van der Waals surface area contributed by atoms with Gasteiger partial charge in [-0.15, -0.1) is 22.9 Å². The van der Waals surface area contributed by atoms with Gasteiger partial charge in [0.25, 0.3) is 0 Å². The summed E-state index contributed by atoms with van der Waals surface area (Å²) in [5, 5.41) is 0.614. The van der Waals surface area contributed by atoms with Gasteiger partial charge in [-0.3, -0.25) is 0 Å². The molecule has 0 saturated carbocycles. The Morgan fingerprint density at radius 3 is 2.35 bits per heavy atom. The number of thiophene rings is 1. The third-order valence-corrected chi connectivity index (χ3v) is 4.97. The number of aryl methyl sites for hydroxylation is 2. The topological polar surface area (TPSA) is 0 Å². The van der Waals surface area contributed by atoms with Gasteiger partial charge in [-0.2, -0.15) is 0 Å². The molecule has 0 radical (unpaired) electrons. The number of benzene rings is 1. The summed E-state index contributed by atoms with van der Waals surface area (Å²) in [7, 11) is 0. The summed E-state index contributed by atoms with van der Waals surface area (Å²) in [6, 6.07) is 7.84. The molecule has 2 aromatic rings. The average molecular weight is 306 g/mol. The monoisotopic (exact) mass is 304 g/mol. The first-order valence-corrected chi connectivity index (χ1v) is 7.16. The maximum Gasteiger partial charge on any atom is 0.0931 e. The molecule has 1 heterocycles. The lowest BCUT2D eigenvalue weighted by Gasteiger charge is -2.13. The first-order valence-electron chi connectivity index (χ1n) is 5.15. The van der Waals surface area contributed by atoms with Gasteiger partial charge in [0.1, 0.15) is 0 Å². The highest BCUT2D eigenvalue weighted by Gasteiger charge is 2.16. The van der Waals surface area contributed by atoms with Crippen LogP contribution in [0, 0.1) is 13.8 Å². The number of rotatable bonds is 2. The highest BCUT2D eigenvalue weighted by molar-refractivity contribution is 7.16. The van der Waals surface area contributed by atoms with E-state index in [4.69, 9.17) is 34.8 Å². The Morgan fingerprint density at radius 2 is 1.76 bits per heavy atom. The third-order valence-electron chi connectivity index (χ3n) is 2.66. The summed E-state index contributed by atoms with van der Waals surface area (Å²) in [5.74, 6) is 0. The second-order valence-electron chi connectivity index (χ2n) is 3.96. The van der Waals surface area contributed by atoms with E-state index in [-0.39, 0.29) is 5.38 Å². The molecule has 0 spiro atoms. The number of hydrogen-bond donors (Lipinski definition) is 0. The molecule has 2 rings (SSSR count). The minimum atomic E-state index is -0.163. The van der Waals surface area contributed by atoms with E-state index in [9.17, 15) is 0 Å². The molecule has 0 bridgehead atoms. The SMILES string of the molecule is Cc1cc(C(Cl)c2ccc(Cl)s2)c(C)cc1Cl. The van der Waals surface area contributed by atoms with Crippen LogP contribution in [-0.2, 0) is 0 Å². The highest BCUT2D eigenvalue weighted by Crippen LogP contribution is 2.38. The molecule has 1 aromatic heterocycles. The number of hydrogen-bond acceptors (Lipinski definition) is 1. The molecule has 1 atom stereocenters. The molecule has 1 aromatic carbocycles. The van der Waals surface area contributed by atoms with Crippen LogP contribution < -0.4 is 0 Å². The van der Waals surface area contributed by atoms with E-state index in [0.717, 1.165) is 30.9 Å². The Balaban J connectivity index is 2.43. The first-order chi connectivity index (χ1) is 7.99. The maximum absolute atomic E-state index is 6.48. The largest absolute Gasteiger partial charge is 0.127 e. The predicted octanol–water partition coefficient (Wildman–Crippen LogP) is 6.00. The van der Waals surface area contributed by atoms with Gasteiger partial charge in [0.15, 0.2) is 0 Å². The average Bonchev–Trinajstić information content (AvgIpc) is 2.69. The van der Waals surface area contributed by atoms with E-state index in [1.165, 1.54) is 11.3 Å². The van der Waals surface area contributed by atoms with Gasteiger partial charge in [-0.05, 0) is 48.7 Å². The molecule has 17 heavy (non-hydrogen) atoms. The Bertz CT molecular complexity index is 546. The smallest absolute Gasteiger partial charge is 0.0931 e. The molecule has 90 valence electrons. The van der Waals surface area contributed by atoms with Gasteiger partial charge in [0.2, 0.25) is 0 Å². The van der Waals surface area contributed by atoms with E-state index in [2.05, 4.69) is 0 Å². The Kier molecular flexibility index (Phi) is 4.04. The summed E-state index contributed by atoms with van der Waals surface area (Å²) < 4.78 is 0.758. The quantitative estimate of drug-likeness (QED) is 0.597. The minimum absolute atomic E-state index is 0.163. The van der Waals surface area contributed by atoms with E-state index < -0.39 is 0 Å². The lowest BCUT2D eigenvalue weighted by atomic mass is 10.0. The van der Waals surface area contributed by atoms with Crippen LogP contribution in [-0.4, -0.2) is 0 Å². The maximum atomic E-state index is 6.48. The second kappa shape index (κ2) is 5.19. The normalized spacial score (nSPS) is 12.8. The first kappa shape index (κ1) is 13.2. The highest BCUT2D eigenvalue weighted by atomic mass is 35.5. The zero-order chi connectivity index (χ0) is 12.6. The van der Waals surface area contributed by atoms with Gasteiger partial charge < -0.3 is 0 Å². The van der Waals surface area contributed by atoms with Gasteiger partial charge in [-0.25, -0.2) is 0 Å². The van der Waals surface area contributed by atoms with E-state index in [1.54, 1.807) is 0 Å². The predicted molar refractivity (Wildman–Crippen MR) is 78.0 cm³/mol. The van der Waals surface area contributed by atoms with Crippen molar-refractivity contribution >= 4 is 46.1 Å². The molecule has 1 unspecified atom stereocenters. The summed E-state index contributed by atoms with van der Waals surface area (Å²) in [6.45, 7) is 4.00. The summed E-state index contributed by atoms with van der Waals surface area (Å²) in [6.07, 6.45) is 0. The molecule has 0 saturated heterocycles. The van der Waals surface area contributed by atoms with E-state index in [0.29, 0.717) is 0 Å². The van der Waals surface area contributed by atoms with Crippen LogP contribution in [0.2, 0.25) is 9.36 Å². The van der Waals surface area contributed by atoms with Crippen LogP contribution in [0.5, 0.6) is 0 Å². The van der Waals surface area contributed by atoms with Crippen molar-refractivity contribution in [2.24, 2.45) is 0 Å². The van der Waals surface area contributed by atoms with Crippen molar-refractivity contribution in [1.82, 2.24) is 0 Å². The van der Waals surface area contributed by atoms with Gasteiger partial charge >= 0.3 is 0 Å². The Hall–Kier alpha value is -0.210. The van der Waals surface area contributed by atoms with Crippen LogP contribution in [0.1, 0.15) is 26.9 Å². The Morgan fingerprint density at radius 1 is 1.06 bits per heavy atom. The number of halogens is 3. The fourth-order valence-electron chi connectivity index (χ4n) is 1.69. The van der Waals surface area contributed by atoms with Crippen LogP contribution in [0.3, 0.4) is 0 Å². The zero-order valence-electron chi connectivity index (χ0n) is 9.43. The number of alkyl halides is 1. The molecule has 0 N–H and O–H groups in total. The minimum Gasteiger partial charge on any atom is -0.127 e. The van der Waals surface area contributed by atoms with Crippen molar-refractivity contribution in [2.45, 2.75) is 19.2 Å². The van der Waals surface area contributed by atoms with Crippen molar-refractivity contribution in [2.75, 3.05) is 0 Å². The summed E-state index contributed by atoms with van der Waals surface area (Å²) >= 11 is 20.0. The summed E-state index contributed by atoms with van der Waals surface area (Å²) in [4.78, 5) is 1.06. The lowest BCUT2D eigenvalue weighted by molar-refractivity contribution is 1.13. The van der Waals surface area contributed by atoms with Crippen molar-refractivity contribution in [3.05, 3.63) is 55.2 Å². The zero-order valence-corrected chi connectivity index (χ0v) is 12.5. The fourth-order valence-corrected chi connectivity index (χ4v) is 3.41. The van der Waals surface area contributed by atoms with Crippen molar-refractivity contribution in [3.63, 3.8) is 0 Å². The van der Waals surface area contributed by atoms with Crippen molar-refractivity contribution in [3.8, 4) is 0 Å². The van der Waals surface area contributed by atoms with Gasteiger partial charge in [0, 0.05) is 9.90 Å². The van der Waals surface area contributed by atoms with Crippen LogP contribution in [0.15, 0.2) is 24.3 Å².